The largest absolute Gasteiger partial charge is 0.396 e. The van der Waals surface area contributed by atoms with Crippen molar-refractivity contribution in [3.05, 3.63) is 36.3 Å². The second-order valence-electron chi connectivity index (χ2n) is 5.53. The van der Waals surface area contributed by atoms with Crippen LogP contribution in [-0.2, 0) is 6.54 Å². The lowest BCUT2D eigenvalue weighted by Crippen LogP contribution is -2.04. The smallest absolute Gasteiger partial charge is 0.160 e. The second-order valence-corrected chi connectivity index (χ2v) is 5.53. The summed E-state index contributed by atoms with van der Waals surface area (Å²) < 4.78 is 1.85. The molecule has 120 valence electrons. The molecule has 0 atom stereocenters. The number of pyridine rings is 2. The van der Waals surface area contributed by atoms with Crippen molar-refractivity contribution in [2.24, 2.45) is 0 Å². The summed E-state index contributed by atoms with van der Waals surface area (Å²) in [6, 6.07) is 4.19. The third-order valence-corrected chi connectivity index (χ3v) is 3.67. The number of hydrogen-bond donors (Lipinski definition) is 2. The van der Waals surface area contributed by atoms with Gasteiger partial charge in [-0.3, -0.25) is 4.98 Å². The summed E-state index contributed by atoms with van der Waals surface area (Å²) in [5.74, 6) is 0.829. The fourth-order valence-corrected chi connectivity index (χ4v) is 2.60. The average molecular weight is 311 g/mol. The molecular weight excluding hydrogens is 290 g/mol. The van der Waals surface area contributed by atoms with E-state index in [2.05, 4.69) is 32.5 Å². The second kappa shape index (κ2) is 6.75. The number of aromatic nitrogens is 4. The van der Waals surface area contributed by atoms with Gasteiger partial charge in [-0.15, -0.1) is 0 Å². The van der Waals surface area contributed by atoms with Crippen molar-refractivity contribution in [1.82, 2.24) is 19.7 Å². The SMILES string of the molecule is CCNc1nn(CCCO)c2ncc(-c3cncc(C)c3)cc12. The lowest BCUT2D eigenvalue weighted by atomic mass is 10.1. The molecule has 0 fully saturated rings. The number of nitrogens with zero attached hydrogens (tertiary/aromatic N) is 4. The zero-order valence-electron chi connectivity index (χ0n) is 13.5. The molecule has 0 spiro atoms. The topological polar surface area (TPSA) is 75.9 Å². The molecule has 0 aliphatic rings. The first-order valence-corrected chi connectivity index (χ1v) is 7.86. The molecule has 0 unspecified atom stereocenters. The zero-order valence-corrected chi connectivity index (χ0v) is 13.5. The Morgan fingerprint density at radius 1 is 1.17 bits per heavy atom. The lowest BCUT2D eigenvalue weighted by Gasteiger charge is -2.04. The van der Waals surface area contributed by atoms with Gasteiger partial charge < -0.3 is 10.4 Å². The number of aliphatic hydroxyl groups is 1. The Morgan fingerprint density at radius 2 is 2.00 bits per heavy atom. The highest BCUT2D eigenvalue weighted by atomic mass is 16.3. The predicted octanol–water partition coefficient (Wildman–Crippen LogP) is 2.62. The van der Waals surface area contributed by atoms with Crippen LogP contribution in [0.1, 0.15) is 18.9 Å². The first kappa shape index (κ1) is 15.4. The van der Waals surface area contributed by atoms with E-state index >= 15 is 0 Å². The monoisotopic (exact) mass is 311 g/mol. The highest BCUT2D eigenvalue weighted by Gasteiger charge is 2.12. The minimum atomic E-state index is 0.144. The molecule has 0 aliphatic heterocycles. The van der Waals surface area contributed by atoms with Gasteiger partial charge in [0.15, 0.2) is 11.5 Å². The summed E-state index contributed by atoms with van der Waals surface area (Å²) in [7, 11) is 0. The van der Waals surface area contributed by atoms with Crippen molar-refractivity contribution >= 4 is 16.9 Å². The van der Waals surface area contributed by atoms with Gasteiger partial charge in [0.05, 0.1) is 5.39 Å². The maximum Gasteiger partial charge on any atom is 0.160 e. The molecule has 3 aromatic heterocycles. The number of nitrogens with one attached hydrogen (secondary N) is 1. The molecule has 0 saturated heterocycles. The standard InChI is InChI=1S/C17H21N5O/c1-3-19-16-15-8-14(13-7-12(2)9-18-10-13)11-20-17(15)22(21-16)5-4-6-23/h7-11,23H,3-6H2,1-2H3,(H,19,21). The maximum atomic E-state index is 9.04. The molecule has 0 aliphatic carbocycles. The lowest BCUT2D eigenvalue weighted by molar-refractivity contribution is 0.278. The van der Waals surface area contributed by atoms with Gasteiger partial charge in [0.25, 0.3) is 0 Å². The number of hydrogen-bond acceptors (Lipinski definition) is 5. The molecule has 0 radical (unpaired) electrons. The Morgan fingerprint density at radius 3 is 2.74 bits per heavy atom. The Bertz CT molecular complexity index is 812. The quantitative estimate of drug-likeness (QED) is 0.732. The summed E-state index contributed by atoms with van der Waals surface area (Å²) in [6.45, 7) is 5.66. The number of anilines is 1. The first-order valence-electron chi connectivity index (χ1n) is 7.86. The van der Waals surface area contributed by atoms with E-state index < -0.39 is 0 Å². The van der Waals surface area contributed by atoms with Gasteiger partial charge in [0.1, 0.15) is 0 Å². The van der Waals surface area contributed by atoms with Gasteiger partial charge in [-0.2, -0.15) is 5.10 Å². The molecule has 0 bridgehead atoms. The summed E-state index contributed by atoms with van der Waals surface area (Å²) in [4.78, 5) is 8.85. The molecule has 6 heteroatoms. The van der Waals surface area contributed by atoms with Crippen LogP contribution < -0.4 is 5.32 Å². The molecule has 0 aromatic carbocycles. The molecule has 3 aromatic rings. The van der Waals surface area contributed by atoms with Gasteiger partial charge in [0, 0.05) is 49.4 Å². The number of fused-ring (bicyclic) bond motifs is 1. The molecule has 6 nitrogen and oxygen atoms in total. The normalized spacial score (nSPS) is 11.1. The minimum Gasteiger partial charge on any atom is -0.396 e. The Labute approximate surface area is 135 Å². The van der Waals surface area contributed by atoms with E-state index in [1.54, 1.807) is 0 Å². The third-order valence-electron chi connectivity index (χ3n) is 3.67. The van der Waals surface area contributed by atoms with Crippen molar-refractivity contribution < 1.29 is 5.11 Å². The third kappa shape index (κ3) is 3.17. The highest BCUT2D eigenvalue weighted by molar-refractivity contribution is 5.90. The van der Waals surface area contributed by atoms with Gasteiger partial charge in [0.2, 0.25) is 0 Å². The molecule has 3 heterocycles. The van der Waals surface area contributed by atoms with Crippen LogP contribution >= 0.6 is 0 Å². The van der Waals surface area contributed by atoms with E-state index in [4.69, 9.17) is 5.11 Å². The molecule has 23 heavy (non-hydrogen) atoms. The van der Waals surface area contributed by atoms with Crippen molar-refractivity contribution in [3.63, 3.8) is 0 Å². The summed E-state index contributed by atoms with van der Waals surface area (Å²) in [5.41, 5.74) is 4.02. The van der Waals surface area contributed by atoms with Crippen molar-refractivity contribution in [1.29, 1.82) is 0 Å². The van der Waals surface area contributed by atoms with E-state index in [9.17, 15) is 0 Å². The zero-order chi connectivity index (χ0) is 16.2. The predicted molar refractivity (Wildman–Crippen MR) is 91.4 cm³/mol. The molecular formula is C17H21N5O. The van der Waals surface area contributed by atoms with Gasteiger partial charge in [-0.05, 0) is 38.0 Å². The average Bonchev–Trinajstić information content (AvgIpc) is 2.90. The van der Waals surface area contributed by atoms with Crippen LogP contribution in [0, 0.1) is 6.92 Å². The first-order chi connectivity index (χ1) is 11.2. The summed E-state index contributed by atoms with van der Waals surface area (Å²) >= 11 is 0. The van der Waals surface area contributed by atoms with E-state index in [1.165, 1.54) is 0 Å². The van der Waals surface area contributed by atoms with Gasteiger partial charge in [-0.1, -0.05) is 0 Å². The molecule has 2 N–H and O–H groups in total. The van der Waals surface area contributed by atoms with Crippen LogP contribution in [-0.4, -0.2) is 38.0 Å². The van der Waals surface area contributed by atoms with Crippen LogP contribution in [0.5, 0.6) is 0 Å². The molecule has 0 amide bonds. The fraction of sp³-hybridized carbons (Fsp3) is 0.353. The maximum absolute atomic E-state index is 9.04. The number of aryl methyl sites for hydroxylation is 2. The Balaban J connectivity index is 2.08. The van der Waals surface area contributed by atoms with E-state index in [0.717, 1.165) is 40.1 Å². The van der Waals surface area contributed by atoms with Crippen LogP contribution in [0.3, 0.4) is 0 Å². The Kier molecular flexibility index (Phi) is 4.52. The van der Waals surface area contributed by atoms with E-state index in [0.29, 0.717) is 13.0 Å². The molecule has 0 saturated carbocycles. The Hall–Kier alpha value is -2.47. The van der Waals surface area contributed by atoms with Gasteiger partial charge in [-0.25, -0.2) is 9.67 Å². The molecule has 3 rings (SSSR count). The van der Waals surface area contributed by atoms with Crippen molar-refractivity contribution in [3.8, 4) is 11.1 Å². The number of aliphatic hydroxyl groups excluding tert-OH is 1. The van der Waals surface area contributed by atoms with E-state index in [-0.39, 0.29) is 6.61 Å². The number of rotatable bonds is 6. The minimum absolute atomic E-state index is 0.144. The van der Waals surface area contributed by atoms with Crippen LogP contribution in [0.25, 0.3) is 22.2 Å². The van der Waals surface area contributed by atoms with Crippen molar-refractivity contribution in [2.75, 3.05) is 18.5 Å². The van der Waals surface area contributed by atoms with Crippen LogP contribution in [0.2, 0.25) is 0 Å². The summed E-state index contributed by atoms with van der Waals surface area (Å²) in [6.07, 6.45) is 6.20. The van der Waals surface area contributed by atoms with Crippen LogP contribution in [0.4, 0.5) is 5.82 Å². The highest BCUT2D eigenvalue weighted by Crippen LogP contribution is 2.27. The van der Waals surface area contributed by atoms with Crippen molar-refractivity contribution in [2.45, 2.75) is 26.8 Å². The fourth-order valence-electron chi connectivity index (χ4n) is 2.60. The van der Waals surface area contributed by atoms with Gasteiger partial charge >= 0.3 is 0 Å². The van der Waals surface area contributed by atoms with E-state index in [1.807, 2.05) is 37.1 Å². The summed E-state index contributed by atoms with van der Waals surface area (Å²) in [5, 5.41) is 17.9. The van der Waals surface area contributed by atoms with Crippen LogP contribution in [0.15, 0.2) is 30.7 Å².